The van der Waals surface area contributed by atoms with Crippen molar-refractivity contribution in [3.05, 3.63) is 85.1 Å². The molecule has 6 N–H and O–H groups in total. The molecule has 1 rings (SSSR count). The van der Waals surface area contributed by atoms with Crippen molar-refractivity contribution in [2.75, 3.05) is 13.2 Å². The standard InChI is InChI=1S/C85H155NO8/c1-3-5-7-9-11-13-15-17-19-21-23-25-27-29-31-33-35-36-37-38-39-40-41-42-43-44-45-47-49-51-53-55-57-59-61-63-65-67-69-71-73-75-81(89)86-78(77-93-85-84(92)83(91)82(90)80(76-87)94-85)79(88)74-72-70-68-66-64-62-60-58-56-54-52-50-48-46-34-32-30-28-26-24-22-20-18-16-14-12-10-8-6-4-2/h5,7,11,13,17,19,23,25,29,31,64,66,72,74,78-80,82-85,87-88,90-92H,3-4,6,8-10,12,14-16,18,20-22,24,26-28,30,32-63,65,67-71,73,75-77H2,1-2H3,(H,86,89)/b7-5-,13-11-,19-17-,25-23-,31-29-,66-64+,74-72+. The molecule has 7 atom stereocenters. The van der Waals surface area contributed by atoms with Gasteiger partial charge in [0.25, 0.3) is 0 Å². The summed E-state index contributed by atoms with van der Waals surface area (Å²) < 4.78 is 11.3. The van der Waals surface area contributed by atoms with E-state index in [9.17, 15) is 30.3 Å². The fourth-order valence-electron chi connectivity index (χ4n) is 12.9. The monoisotopic (exact) mass is 1320 g/mol. The minimum absolute atomic E-state index is 0.180. The van der Waals surface area contributed by atoms with Crippen LogP contribution in [0.4, 0.5) is 0 Å². The first-order valence-corrected chi connectivity index (χ1v) is 40.8. The Bertz CT molecular complexity index is 1770. The number of allylic oxidation sites excluding steroid dienone is 13. The summed E-state index contributed by atoms with van der Waals surface area (Å²) in [6.07, 6.45) is 98.9. The van der Waals surface area contributed by atoms with E-state index in [4.69, 9.17) is 9.47 Å². The van der Waals surface area contributed by atoms with Crippen LogP contribution in [0, 0.1) is 0 Å². The molecule has 1 heterocycles. The van der Waals surface area contributed by atoms with Gasteiger partial charge in [-0.05, 0) is 77.0 Å². The summed E-state index contributed by atoms with van der Waals surface area (Å²) in [6, 6.07) is -0.825. The Balaban J connectivity index is 2.06. The lowest BCUT2D eigenvalue weighted by Crippen LogP contribution is -2.60. The van der Waals surface area contributed by atoms with Crippen molar-refractivity contribution in [3.63, 3.8) is 0 Å². The summed E-state index contributed by atoms with van der Waals surface area (Å²) >= 11 is 0. The molecule has 9 heteroatoms. The number of carbonyl (C=O) groups is 1. The number of rotatable bonds is 72. The van der Waals surface area contributed by atoms with Gasteiger partial charge in [0, 0.05) is 6.42 Å². The molecule has 0 bridgehead atoms. The fourth-order valence-corrected chi connectivity index (χ4v) is 12.9. The Labute approximate surface area is 581 Å². The topological polar surface area (TPSA) is 149 Å². The number of ether oxygens (including phenoxy) is 2. The highest BCUT2D eigenvalue weighted by atomic mass is 16.7. The minimum atomic E-state index is -1.57. The predicted molar refractivity (Wildman–Crippen MR) is 405 cm³/mol. The Hall–Kier alpha value is -2.63. The van der Waals surface area contributed by atoms with Gasteiger partial charge in [0.15, 0.2) is 6.29 Å². The van der Waals surface area contributed by atoms with Crippen molar-refractivity contribution >= 4 is 5.91 Å². The van der Waals surface area contributed by atoms with Gasteiger partial charge in [0.1, 0.15) is 24.4 Å². The van der Waals surface area contributed by atoms with Crippen molar-refractivity contribution in [2.24, 2.45) is 0 Å². The Morgan fingerprint density at radius 2 is 0.670 bits per heavy atom. The highest BCUT2D eigenvalue weighted by Gasteiger charge is 2.44. The van der Waals surface area contributed by atoms with Crippen LogP contribution in [0.3, 0.4) is 0 Å². The summed E-state index contributed by atoms with van der Waals surface area (Å²) in [5.41, 5.74) is 0. The summed E-state index contributed by atoms with van der Waals surface area (Å²) in [6.45, 7) is 3.70. The number of nitrogens with one attached hydrogen (secondary N) is 1. The van der Waals surface area contributed by atoms with Gasteiger partial charge in [-0.25, -0.2) is 0 Å². The van der Waals surface area contributed by atoms with Gasteiger partial charge in [-0.2, -0.15) is 0 Å². The lowest BCUT2D eigenvalue weighted by molar-refractivity contribution is -0.302. The average Bonchev–Trinajstić information content (AvgIpc) is 0.831. The van der Waals surface area contributed by atoms with E-state index in [0.29, 0.717) is 6.42 Å². The van der Waals surface area contributed by atoms with Crippen molar-refractivity contribution in [2.45, 2.75) is 436 Å². The quantitative estimate of drug-likeness (QED) is 0.0261. The third kappa shape index (κ3) is 60.5. The van der Waals surface area contributed by atoms with Crippen LogP contribution in [0.5, 0.6) is 0 Å². The van der Waals surface area contributed by atoms with E-state index < -0.39 is 49.5 Å². The molecular formula is C85H155NO8. The van der Waals surface area contributed by atoms with Crippen LogP contribution in [0.2, 0.25) is 0 Å². The van der Waals surface area contributed by atoms with Crippen LogP contribution in [-0.2, 0) is 14.3 Å². The largest absolute Gasteiger partial charge is 0.394 e. The molecule has 1 saturated heterocycles. The number of carbonyl (C=O) groups excluding carboxylic acids is 1. The molecule has 1 amide bonds. The maximum atomic E-state index is 13.2. The average molecular weight is 1320 g/mol. The summed E-state index contributed by atoms with van der Waals surface area (Å²) in [4.78, 5) is 13.2. The Morgan fingerprint density at radius 3 is 1.02 bits per heavy atom. The zero-order valence-electron chi connectivity index (χ0n) is 61.7. The maximum Gasteiger partial charge on any atom is 0.220 e. The van der Waals surface area contributed by atoms with Gasteiger partial charge in [0.05, 0.1) is 25.4 Å². The smallest absolute Gasteiger partial charge is 0.220 e. The second-order valence-electron chi connectivity index (χ2n) is 28.2. The Kier molecular flexibility index (Phi) is 69.5. The van der Waals surface area contributed by atoms with Crippen molar-refractivity contribution in [3.8, 4) is 0 Å². The fraction of sp³-hybridized carbons (Fsp3) is 0.824. The molecule has 0 spiro atoms. The van der Waals surface area contributed by atoms with E-state index in [-0.39, 0.29) is 12.5 Å². The summed E-state index contributed by atoms with van der Waals surface area (Å²) in [5.74, 6) is -0.180. The molecule has 1 aliphatic rings. The Morgan fingerprint density at radius 1 is 0.372 bits per heavy atom. The molecule has 0 saturated carbocycles. The van der Waals surface area contributed by atoms with Gasteiger partial charge in [-0.3, -0.25) is 4.79 Å². The molecule has 548 valence electrons. The first-order valence-electron chi connectivity index (χ1n) is 40.8. The van der Waals surface area contributed by atoms with Crippen LogP contribution in [0.15, 0.2) is 85.1 Å². The maximum absolute atomic E-state index is 13.2. The molecule has 0 radical (unpaired) electrons. The second-order valence-corrected chi connectivity index (χ2v) is 28.2. The first kappa shape index (κ1) is 89.4. The van der Waals surface area contributed by atoms with E-state index in [1.165, 1.54) is 302 Å². The van der Waals surface area contributed by atoms with E-state index in [0.717, 1.165) is 70.6 Å². The lowest BCUT2D eigenvalue weighted by atomic mass is 9.99. The molecule has 9 nitrogen and oxygen atoms in total. The highest BCUT2D eigenvalue weighted by Crippen LogP contribution is 2.24. The molecule has 0 aromatic heterocycles. The van der Waals surface area contributed by atoms with Crippen molar-refractivity contribution in [1.82, 2.24) is 5.32 Å². The van der Waals surface area contributed by atoms with Gasteiger partial charge < -0.3 is 40.3 Å². The minimum Gasteiger partial charge on any atom is -0.394 e. The van der Waals surface area contributed by atoms with Gasteiger partial charge >= 0.3 is 0 Å². The number of aliphatic hydroxyl groups excluding tert-OH is 5. The van der Waals surface area contributed by atoms with Gasteiger partial charge in [-0.15, -0.1) is 0 Å². The number of hydrogen-bond donors (Lipinski definition) is 6. The normalized spacial score (nSPS) is 18.0. The molecule has 7 unspecified atom stereocenters. The van der Waals surface area contributed by atoms with Gasteiger partial charge in [0.2, 0.25) is 5.91 Å². The second kappa shape index (κ2) is 73.1. The zero-order valence-corrected chi connectivity index (χ0v) is 61.7. The number of amides is 1. The molecule has 1 aliphatic heterocycles. The van der Waals surface area contributed by atoms with E-state index in [1.807, 2.05) is 6.08 Å². The third-order valence-corrected chi connectivity index (χ3v) is 19.2. The molecule has 1 fully saturated rings. The van der Waals surface area contributed by atoms with Crippen LogP contribution in [-0.4, -0.2) is 87.5 Å². The van der Waals surface area contributed by atoms with Crippen LogP contribution >= 0.6 is 0 Å². The number of hydrogen-bond acceptors (Lipinski definition) is 8. The molecule has 0 aromatic rings. The van der Waals surface area contributed by atoms with Crippen molar-refractivity contribution < 1.29 is 39.8 Å². The zero-order chi connectivity index (χ0) is 67.8. The van der Waals surface area contributed by atoms with Crippen LogP contribution < -0.4 is 5.32 Å². The SMILES string of the molecule is CC/C=C\C/C=C\C/C=C\C/C=C\C/C=C\CCCCCCCCCCCCCCCCCCCCCCCCCCCC(=O)NC(COC1OC(CO)C(O)C(O)C1O)C(O)/C=C/CC/C=C/CCCCCCCCCCCCCCCCCCCCCCCCCC. The number of aliphatic hydroxyl groups is 5. The highest BCUT2D eigenvalue weighted by molar-refractivity contribution is 5.76. The first-order chi connectivity index (χ1) is 46.3. The number of unbranched alkanes of at least 4 members (excludes halogenated alkanes) is 50. The summed E-state index contributed by atoms with van der Waals surface area (Å²) in [7, 11) is 0. The molecular weight excluding hydrogens is 1160 g/mol. The van der Waals surface area contributed by atoms with E-state index in [1.54, 1.807) is 6.08 Å². The molecule has 0 aliphatic carbocycles. The lowest BCUT2D eigenvalue weighted by Gasteiger charge is -2.40. The van der Waals surface area contributed by atoms with Crippen LogP contribution in [0.1, 0.15) is 393 Å². The van der Waals surface area contributed by atoms with Gasteiger partial charge in [-0.1, -0.05) is 394 Å². The van der Waals surface area contributed by atoms with Crippen molar-refractivity contribution in [1.29, 1.82) is 0 Å². The van der Waals surface area contributed by atoms with Crippen LogP contribution in [0.25, 0.3) is 0 Å². The molecule has 94 heavy (non-hydrogen) atoms. The molecule has 0 aromatic carbocycles. The van der Waals surface area contributed by atoms with E-state index in [2.05, 4.69) is 92.1 Å². The third-order valence-electron chi connectivity index (χ3n) is 19.2. The summed E-state index contributed by atoms with van der Waals surface area (Å²) in [5, 5.41) is 54.9. The van der Waals surface area contributed by atoms with E-state index >= 15 is 0 Å². The predicted octanol–water partition coefficient (Wildman–Crippen LogP) is 23.6.